The highest BCUT2D eigenvalue weighted by atomic mass is 19.4. The van der Waals surface area contributed by atoms with Crippen molar-refractivity contribution in [2.75, 3.05) is 0 Å². The first-order valence-corrected chi connectivity index (χ1v) is 4.69. The fourth-order valence-corrected chi connectivity index (χ4v) is 1.59. The minimum atomic E-state index is -4.40. The third kappa shape index (κ3) is 2.10. The van der Waals surface area contributed by atoms with Gasteiger partial charge >= 0.3 is 6.18 Å². The van der Waals surface area contributed by atoms with Crippen molar-refractivity contribution in [3.63, 3.8) is 0 Å². The maximum Gasteiger partial charge on any atom is 0.435 e. The van der Waals surface area contributed by atoms with Crippen LogP contribution in [-0.4, -0.2) is 14.8 Å². The third-order valence-corrected chi connectivity index (χ3v) is 2.22. The third-order valence-electron chi connectivity index (χ3n) is 2.22. The van der Waals surface area contributed by atoms with Gasteiger partial charge < -0.3 is 4.98 Å². The van der Waals surface area contributed by atoms with Crippen LogP contribution in [0, 0.1) is 0 Å². The van der Waals surface area contributed by atoms with Gasteiger partial charge in [0, 0.05) is 37.1 Å². The summed E-state index contributed by atoms with van der Waals surface area (Å²) in [7, 11) is 1.48. The molecule has 2 aromatic heterocycles. The Morgan fingerprint density at radius 3 is 2.75 bits per heavy atom. The van der Waals surface area contributed by atoms with Crippen LogP contribution in [0.5, 0.6) is 0 Å². The summed E-state index contributed by atoms with van der Waals surface area (Å²) < 4.78 is 39.0. The number of aryl methyl sites for hydroxylation is 1. The fraction of sp³-hybridized carbons (Fsp3) is 0.300. The molecule has 0 aliphatic carbocycles. The SMILES string of the molecule is Cn1cc(Cc2ccc[nH]2)c(C(F)(F)F)n1. The Hall–Kier alpha value is -1.72. The predicted octanol–water partition coefficient (Wildman–Crippen LogP) is 2.36. The highest BCUT2D eigenvalue weighted by Gasteiger charge is 2.36. The second-order valence-electron chi connectivity index (χ2n) is 3.55. The lowest BCUT2D eigenvalue weighted by molar-refractivity contribution is -0.142. The number of hydrogen-bond donors (Lipinski definition) is 1. The molecule has 0 saturated heterocycles. The summed E-state index contributed by atoms with van der Waals surface area (Å²) in [6.45, 7) is 0. The zero-order valence-corrected chi connectivity index (χ0v) is 8.54. The van der Waals surface area contributed by atoms with Crippen LogP contribution in [0.3, 0.4) is 0 Å². The van der Waals surface area contributed by atoms with Crippen LogP contribution in [0.25, 0.3) is 0 Å². The van der Waals surface area contributed by atoms with E-state index in [1.54, 1.807) is 18.3 Å². The lowest BCUT2D eigenvalue weighted by Gasteiger charge is -2.04. The summed E-state index contributed by atoms with van der Waals surface area (Å²) in [4.78, 5) is 2.87. The molecule has 0 saturated carbocycles. The van der Waals surface area contributed by atoms with Crippen molar-refractivity contribution in [1.82, 2.24) is 14.8 Å². The fourth-order valence-electron chi connectivity index (χ4n) is 1.59. The van der Waals surface area contributed by atoms with Crippen LogP contribution in [0.2, 0.25) is 0 Å². The van der Waals surface area contributed by atoms with Crippen LogP contribution in [0.15, 0.2) is 24.5 Å². The Kier molecular flexibility index (Phi) is 2.49. The second-order valence-corrected chi connectivity index (χ2v) is 3.55. The molecule has 16 heavy (non-hydrogen) atoms. The van der Waals surface area contributed by atoms with Crippen LogP contribution in [-0.2, 0) is 19.6 Å². The molecule has 2 heterocycles. The summed E-state index contributed by atoms with van der Waals surface area (Å²) in [6, 6.07) is 3.49. The molecule has 2 rings (SSSR count). The van der Waals surface area contributed by atoms with E-state index >= 15 is 0 Å². The van der Waals surface area contributed by atoms with Crippen molar-refractivity contribution in [3.05, 3.63) is 41.5 Å². The van der Waals surface area contributed by atoms with E-state index in [2.05, 4.69) is 10.1 Å². The van der Waals surface area contributed by atoms with Crippen molar-refractivity contribution >= 4 is 0 Å². The molecule has 86 valence electrons. The molecule has 0 radical (unpaired) electrons. The highest BCUT2D eigenvalue weighted by Crippen LogP contribution is 2.31. The largest absolute Gasteiger partial charge is 0.435 e. The van der Waals surface area contributed by atoms with Crippen molar-refractivity contribution in [1.29, 1.82) is 0 Å². The van der Waals surface area contributed by atoms with Crippen LogP contribution in [0.4, 0.5) is 13.2 Å². The Bertz CT molecular complexity index is 468. The maximum atomic E-state index is 12.6. The van der Waals surface area contributed by atoms with Gasteiger partial charge in [-0.25, -0.2) is 0 Å². The molecule has 0 spiro atoms. The van der Waals surface area contributed by atoms with E-state index < -0.39 is 11.9 Å². The Morgan fingerprint density at radius 2 is 2.19 bits per heavy atom. The minimum Gasteiger partial charge on any atom is -0.365 e. The van der Waals surface area contributed by atoms with Crippen LogP contribution < -0.4 is 0 Å². The molecule has 0 unspecified atom stereocenters. The maximum absolute atomic E-state index is 12.6. The molecule has 6 heteroatoms. The van der Waals surface area contributed by atoms with Crippen molar-refractivity contribution in [2.45, 2.75) is 12.6 Å². The molecule has 2 aromatic rings. The number of H-pyrrole nitrogens is 1. The first-order chi connectivity index (χ1) is 7.47. The van der Waals surface area contributed by atoms with E-state index in [9.17, 15) is 13.2 Å². The number of nitrogens with one attached hydrogen (secondary N) is 1. The standard InChI is InChI=1S/C10H10F3N3/c1-16-6-7(5-8-3-2-4-14-8)9(15-16)10(11,12)13/h2-4,6,14H,5H2,1H3. The van der Waals surface area contributed by atoms with Gasteiger partial charge in [-0.1, -0.05) is 0 Å². The molecule has 0 bridgehead atoms. The molecule has 0 aromatic carbocycles. The van der Waals surface area contributed by atoms with Gasteiger partial charge in [0.15, 0.2) is 5.69 Å². The van der Waals surface area contributed by atoms with Gasteiger partial charge in [-0.05, 0) is 12.1 Å². The molecule has 0 aliphatic heterocycles. The molecule has 0 atom stereocenters. The first-order valence-electron chi connectivity index (χ1n) is 4.69. The zero-order valence-electron chi connectivity index (χ0n) is 8.54. The van der Waals surface area contributed by atoms with Gasteiger partial charge in [0.2, 0.25) is 0 Å². The van der Waals surface area contributed by atoms with E-state index in [-0.39, 0.29) is 12.0 Å². The normalized spacial score (nSPS) is 12.0. The van der Waals surface area contributed by atoms with Crippen molar-refractivity contribution < 1.29 is 13.2 Å². The van der Waals surface area contributed by atoms with Gasteiger partial charge in [0.05, 0.1) is 0 Å². The Morgan fingerprint density at radius 1 is 1.44 bits per heavy atom. The zero-order chi connectivity index (χ0) is 11.8. The quantitative estimate of drug-likeness (QED) is 0.842. The monoisotopic (exact) mass is 229 g/mol. The van der Waals surface area contributed by atoms with E-state index in [0.717, 1.165) is 5.69 Å². The van der Waals surface area contributed by atoms with Gasteiger partial charge in [-0.3, -0.25) is 4.68 Å². The number of rotatable bonds is 2. The first kappa shape index (κ1) is 10.8. The van der Waals surface area contributed by atoms with Crippen LogP contribution in [0.1, 0.15) is 17.0 Å². The number of halogens is 3. The molecule has 1 N–H and O–H groups in total. The smallest absolute Gasteiger partial charge is 0.365 e. The Balaban J connectivity index is 2.34. The predicted molar refractivity (Wildman–Crippen MR) is 51.8 cm³/mol. The topological polar surface area (TPSA) is 33.6 Å². The average molecular weight is 229 g/mol. The Labute approximate surface area is 89.9 Å². The molecule has 3 nitrogen and oxygen atoms in total. The molecular weight excluding hydrogens is 219 g/mol. The van der Waals surface area contributed by atoms with Gasteiger partial charge in [0.1, 0.15) is 0 Å². The second kappa shape index (κ2) is 3.70. The average Bonchev–Trinajstić information content (AvgIpc) is 2.74. The van der Waals surface area contributed by atoms with E-state index in [0.29, 0.717) is 0 Å². The summed E-state index contributed by atoms with van der Waals surface area (Å²) in [5.74, 6) is 0. The number of hydrogen-bond acceptors (Lipinski definition) is 1. The van der Waals surface area contributed by atoms with Gasteiger partial charge in [0.25, 0.3) is 0 Å². The molecule has 0 fully saturated rings. The number of nitrogens with zero attached hydrogens (tertiary/aromatic N) is 2. The van der Waals surface area contributed by atoms with Crippen molar-refractivity contribution in [2.24, 2.45) is 7.05 Å². The van der Waals surface area contributed by atoms with Crippen molar-refractivity contribution in [3.8, 4) is 0 Å². The van der Waals surface area contributed by atoms with E-state index in [1.807, 2.05) is 0 Å². The molecule has 0 aliphatic rings. The van der Waals surface area contributed by atoms with E-state index in [4.69, 9.17) is 0 Å². The summed E-state index contributed by atoms with van der Waals surface area (Å²) in [5, 5.41) is 3.44. The summed E-state index contributed by atoms with van der Waals surface area (Å²) >= 11 is 0. The van der Waals surface area contributed by atoms with Crippen LogP contribution >= 0.6 is 0 Å². The number of aromatic nitrogens is 3. The number of alkyl halides is 3. The highest BCUT2D eigenvalue weighted by molar-refractivity contribution is 5.25. The van der Waals surface area contributed by atoms with E-state index in [1.165, 1.54) is 17.9 Å². The van der Waals surface area contributed by atoms with Gasteiger partial charge in [-0.2, -0.15) is 18.3 Å². The minimum absolute atomic E-state index is 0.178. The summed E-state index contributed by atoms with van der Waals surface area (Å²) in [5.41, 5.74) is 0.0977. The van der Waals surface area contributed by atoms with Gasteiger partial charge in [-0.15, -0.1) is 0 Å². The lowest BCUT2D eigenvalue weighted by Crippen LogP contribution is -2.09. The summed E-state index contributed by atoms with van der Waals surface area (Å²) in [6.07, 6.45) is -1.12. The molecule has 0 amide bonds. The number of aromatic amines is 1. The molecular formula is C10H10F3N3. The lowest BCUT2D eigenvalue weighted by atomic mass is 10.1.